The third-order valence-electron chi connectivity index (χ3n) is 6.75. The van der Waals surface area contributed by atoms with Gasteiger partial charge in [-0.05, 0) is 48.6 Å². The van der Waals surface area contributed by atoms with Crippen LogP contribution in [0, 0.1) is 0 Å². The Kier molecular flexibility index (Phi) is 3.82. The number of nitrogens with one attached hydrogen (secondary N) is 1. The van der Waals surface area contributed by atoms with Gasteiger partial charge in [0.2, 0.25) is 0 Å². The lowest BCUT2D eigenvalue weighted by molar-refractivity contribution is -0.0312. The number of nitrogens with zero attached hydrogens (tertiary/aromatic N) is 1. The largest absolute Gasteiger partial charge is 0.451 e. The van der Waals surface area contributed by atoms with Crippen LogP contribution in [0.2, 0.25) is 0 Å². The molecule has 30 heavy (non-hydrogen) atoms. The summed E-state index contributed by atoms with van der Waals surface area (Å²) in [7, 11) is 0. The molecule has 1 saturated carbocycles. The summed E-state index contributed by atoms with van der Waals surface area (Å²) in [6.45, 7) is 0. The summed E-state index contributed by atoms with van der Waals surface area (Å²) < 4.78 is 5.89. The van der Waals surface area contributed by atoms with Crippen LogP contribution in [0.3, 0.4) is 0 Å². The Hall–Kier alpha value is -3.40. The maximum absolute atomic E-state index is 12.3. The summed E-state index contributed by atoms with van der Waals surface area (Å²) >= 11 is 0. The summed E-state index contributed by atoms with van der Waals surface area (Å²) in [4.78, 5) is 20.6. The molecule has 148 valence electrons. The second-order valence-electron chi connectivity index (χ2n) is 8.44. The predicted molar refractivity (Wildman–Crippen MR) is 116 cm³/mol. The lowest BCUT2D eigenvalue weighted by Crippen LogP contribution is -2.31. The van der Waals surface area contributed by atoms with E-state index in [4.69, 9.17) is 9.72 Å². The predicted octanol–water partition coefficient (Wildman–Crippen LogP) is 5.95. The number of carbonyl (C=O) groups excluding carboxylic acids is 1. The summed E-state index contributed by atoms with van der Waals surface area (Å²) in [6, 6.07) is 22.7. The highest BCUT2D eigenvalue weighted by atomic mass is 16.6. The van der Waals surface area contributed by atoms with Crippen LogP contribution in [0.5, 0.6) is 0 Å². The van der Waals surface area contributed by atoms with Gasteiger partial charge in [-0.1, -0.05) is 54.6 Å². The number of aromatic amines is 1. The molecular weight excluding hydrogens is 372 g/mol. The Labute approximate surface area is 174 Å². The van der Waals surface area contributed by atoms with Gasteiger partial charge >= 0.3 is 5.97 Å². The number of carbonyl (C=O) groups is 1. The van der Waals surface area contributed by atoms with Gasteiger partial charge < -0.3 is 9.72 Å². The van der Waals surface area contributed by atoms with Crippen molar-refractivity contribution in [2.45, 2.75) is 37.2 Å². The number of esters is 1. The van der Waals surface area contributed by atoms with Crippen LogP contribution < -0.4 is 0 Å². The molecule has 4 nitrogen and oxygen atoms in total. The normalized spacial score (nSPS) is 22.9. The van der Waals surface area contributed by atoms with Crippen LogP contribution >= 0.6 is 0 Å². The molecule has 0 saturated heterocycles. The Balaban J connectivity index is 1.23. The molecular formula is C26H22N2O2. The number of ether oxygens (including phenoxy) is 1. The van der Waals surface area contributed by atoms with E-state index in [2.05, 4.69) is 47.4 Å². The molecule has 0 bridgehead atoms. The lowest BCUT2D eigenvalue weighted by Gasteiger charge is -2.35. The van der Waals surface area contributed by atoms with Crippen molar-refractivity contribution in [2.75, 3.05) is 0 Å². The maximum atomic E-state index is 12.3. The molecule has 3 aromatic carbocycles. The molecule has 4 aromatic rings. The van der Waals surface area contributed by atoms with Gasteiger partial charge in [0.05, 0.1) is 11.3 Å². The SMILES string of the molecule is O=C1O[C@]2(CC[C@H](c3nc(-c4ccc5ccccc5c4)c[nH]3)CC2)c2ccccc21. The summed E-state index contributed by atoms with van der Waals surface area (Å²) in [6.07, 6.45) is 5.59. The average Bonchev–Trinajstić information content (AvgIpc) is 3.39. The first-order chi connectivity index (χ1) is 14.7. The van der Waals surface area contributed by atoms with Crippen LogP contribution in [-0.2, 0) is 10.3 Å². The topological polar surface area (TPSA) is 55.0 Å². The minimum absolute atomic E-state index is 0.180. The highest BCUT2D eigenvalue weighted by Gasteiger charge is 2.47. The zero-order valence-corrected chi connectivity index (χ0v) is 16.6. The van der Waals surface area contributed by atoms with E-state index in [1.807, 2.05) is 30.5 Å². The molecule has 2 heterocycles. The van der Waals surface area contributed by atoms with Crippen molar-refractivity contribution in [1.82, 2.24) is 9.97 Å². The van der Waals surface area contributed by atoms with Crippen LogP contribution in [-0.4, -0.2) is 15.9 Å². The van der Waals surface area contributed by atoms with Gasteiger partial charge in [0, 0.05) is 23.2 Å². The van der Waals surface area contributed by atoms with Gasteiger partial charge in [-0.3, -0.25) is 0 Å². The number of hydrogen-bond donors (Lipinski definition) is 1. The van der Waals surface area contributed by atoms with Crippen LogP contribution in [0.25, 0.3) is 22.0 Å². The van der Waals surface area contributed by atoms with E-state index in [0.717, 1.165) is 53.9 Å². The van der Waals surface area contributed by atoms with Crippen molar-refractivity contribution in [3.05, 3.63) is 89.9 Å². The van der Waals surface area contributed by atoms with E-state index >= 15 is 0 Å². The van der Waals surface area contributed by atoms with Crippen LogP contribution in [0.4, 0.5) is 0 Å². The smallest absolute Gasteiger partial charge is 0.339 e. The number of H-pyrrole nitrogens is 1. The van der Waals surface area contributed by atoms with E-state index in [1.54, 1.807) is 0 Å². The summed E-state index contributed by atoms with van der Waals surface area (Å²) in [5, 5.41) is 2.46. The van der Waals surface area contributed by atoms with Gasteiger partial charge in [0.25, 0.3) is 0 Å². The second-order valence-corrected chi connectivity index (χ2v) is 8.44. The number of hydrogen-bond acceptors (Lipinski definition) is 3. The Morgan fingerprint density at radius 1 is 0.933 bits per heavy atom. The number of rotatable bonds is 2. The fraction of sp³-hybridized carbons (Fsp3) is 0.231. The van der Waals surface area contributed by atoms with Gasteiger partial charge in [-0.15, -0.1) is 0 Å². The molecule has 0 atom stereocenters. The van der Waals surface area contributed by atoms with Crippen LogP contribution in [0.15, 0.2) is 72.9 Å². The van der Waals surface area contributed by atoms with Gasteiger partial charge in [-0.25, -0.2) is 9.78 Å². The first-order valence-corrected chi connectivity index (χ1v) is 10.6. The number of benzene rings is 3. The second kappa shape index (κ2) is 6.56. The van der Waals surface area contributed by atoms with Gasteiger partial charge in [0.15, 0.2) is 0 Å². The molecule has 0 radical (unpaired) electrons. The Morgan fingerprint density at radius 3 is 2.57 bits per heavy atom. The van der Waals surface area contributed by atoms with E-state index in [0.29, 0.717) is 5.92 Å². The lowest BCUT2D eigenvalue weighted by atomic mass is 9.75. The first-order valence-electron chi connectivity index (χ1n) is 10.6. The third-order valence-corrected chi connectivity index (χ3v) is 6.75. The monoisotopic (exact) mass is 394 g/mol. The standard InChI is InChI=1S/C26H22N2O2/c29-25-21-7-3-4-8-22(21)26(30-25)13-11-18(12-14-26)24-27-16-23(28-24)20-10-9-17-5-1-2-6-19(17)15-20/h1-10,15-16,18H,11-14H2,(H,27,28)/t18-,26-. The first kappa shape index (κ1) is 17.5. The van der Waals surface area contributed by atoms with Crippen molar-refractivity contribution in [3.8, 4) is 11.3 Å². The van der Waals surface area contributed by atoms with Gasteiger partial charge in [-0.2, -0.15) is 0 Å². The molecule has 0 amide bonds. The molecule has 1 aliphatic heterocycles. The molecule has 1 N–H and O–H groups in total. The molecule has 6 rings (SSSR count). The van der Waals surface area contributed by atoms with Crippen molar-refractivity contribution in [2.24, 2.45) is 0 Å². The molecule has 1 fully saturated rings. The quantitative estimate of drug-likeness (QED) is 0.427. The van der Waals surface area contributed by atoms with Crippen molar-refractivity contribution < 1.29 is 9.53 Å². The fourth-order valence-corrected chi connectivity index (χ4v) is 5.12. The zero-order chi connectivity index (χ0) is 20.1. The molecule has 0 unspecified atom stereocenters. The van der Waals surface area contributed by atoms with E-state index in [9.17, 15) is 4.79 Å². The molecule has 4 heteroatoms. The maximum Gasteiger partial charge on any atom is 0.339 e. The Morgan fingerprint density at radius 2 is 1.70 bits per heavy atom. The molecule has 1 aromatic heterocycles. The van der Waals surface area contributed by atoms with Crippen molar-refractivity contribution >= 4 is 16.7 Å². The van der Waals surface area contributed by atoms with E-state index in [1.165, 1.54) is 10.8 Å². The summed E-state index contributed by atoms with van der Waals surface area (Å²) in [5.41, 5.74) is 3.45. The average molecular weight is 394 g/mol. The molecule has 1 aliphatic carbocycles. The minimum Gasteiger partial charge on any atom is -0.451 e. The fourth-order valence-electron chi connectivity index (χ4n) is 5.12. The molecule has 1 spiro atoms. The zero-order valence-electron chi connectivity index (χ0n) is 16.6. The third kappa shape index (κ3) is 2.67. The number of fused-ring (bicyclic) bond motifs is 3. The highest BCUT2D eigenvalue weighted by molar-refractivity contribution is 5.94. The number of aromatic nitrogens is 2. The highest BCUT2D eigenvalue weighted by Crippen LogP contribution is 2.49. The van der Waals surface area contributed by atoms with E-state index < -0.39 is 5.60 Å². The van der Waals surface area contributed by atoms with E-state index in [-0.39, 0.29) is 5.97 Å². The van der Waals surface area contributed by atoms with Crippen molar-refractivity contribution in [3.63, 3.8) is 0 Å². The van der Waals surface area contributed by atoms with Gasteiger partial charge in [0.1, 0.15) is 11.4 Å². The Bertz CT molecular complexity index is 1260. The molecule has 2 aliphatic rings. The van der Waals surface area contributed by atoms with Crippen LogP contribution in [0.1, 0.15) is 53.3 Å². The summed E-state index contributed by atoms with van der Waals surface area (Å²) in [5.74, 6) is 1.21. The minimum atomic E-state index is -0.446. The van der Waals surface area contributed by atoms with Crippen molar-refractivity contribution in [1.29, 1.82) is 0 Å². The number of imidazole rings is 1.